The van der Waals surface area contributed by atoms with E-state index in [9.17, 15) is 4.39 Å². The first kappa shape index (κ1) is 15.2. The molecule has 2 rings (SSSR count). The van der Waals surface area contributed by atoms with Crippen LogP contribution in [-0.2, 0) is 11.8 Å². The molecule has 0 saturated carbocycles. The number of nitrogens with one attached hydrogen (secondary N) is 1. The Kier molecular flexibility index (Phi) is 4.61. The minimum Gasteiger partial charge on any atom is -0.312 e. The van der Waals surface area contributed by atoms with Gasteiger partial charge in [0.05, 0.1) is 0 Å². The van der Waals surface area contributed by atoms with E-state index in [1.807, 2.05) is 30.5 Å². The molecule has 1 aromatic heterocycles. The summed E-state index contributed by atoms with van der Waals surface area (Å²) < 4.78 is 12.9. The summed E-state index contributed by atoms with van der Waals surface area (Å²) in [5.74, 6) is -0.180. The average molecular weight is 291 g/mol. The molecule has 1 unspecified atom stereocenters. The minimum absolute atomic E-state index is 0.180. The second-order valence-corrected chi connectivity index (χ2v) is 7.24. The van der Waals surface area contributed by atoms with Crippen LogP contribution in [0.1, 0.15) is 42.1 Å². The summed E-state index contributed by atoms with van der Waals surface area (Å²) in [5.41, 5.74) is 1.34. The van der Waals surface area contributed by atoms with Gasteiger partial charge in [0.1, 0.15) is 5.82 Å². The first-order valence-corrected chi connectivity index (χ1v) is 7.73. The zero-order chi connectivity index (χ0) is 14.8. The Morgan fingerprint density at radius 2 is 1.75 bits per heavy atom. The summed E-state index contributed by atoms with van der Waals surface area (Å²) in [7, 11) is 1.98. The molecule has 0 fully saturated rings. The fraction of sp³-hybridized carbons (Fsp3) is 0.412. The van der Waals surface area contributed by atoms with Crippen molar-refractivity contribution in [2.45, 2.75) is 38.6 Å². The highest BCUT2D eigenvalue weighted by Gasteiger charge is 2.19. The topological polar surface area (TPSA) is 12.0 Å². The maximum Gasteiger partial charge on any atom is 0.123 e. The molecule has 0 spiro atoms. The molecular formula is C17H22FNS. The Hall–Kier alpha value is -1.19. The molecule has 0 bridgehead atoms. The van der Waals surface area contributed by atoms with Gasteiger partial charge in [0.25, 0.3) is 0 Å². The highest BCUT2D eigenvalue weighted by atomic mass is 32.1. The number of hydrogen-bond donors (Lipinski definition) is 1. The van der Waals surface area contributed by atoms with E-state index in [1.165, 1.54) is 21.9 Å². The van der Waals surface area contributed by atoms with Crippen LogP contribution >= 0.6 is 11.3 Å². The third kappa shape index (κ3) is 3.68. The standard InChI is InChI=1S/C17H22FNS/c1-17(2,3)16-10-9-15(20-16)14(19-4)11-12-5-7-13(18)8-6-12/h5-10,14,19H,11H2,1-4H3. The fourth-order valence-electron chi connectivity index (χ4n) is 2.14. The molecule has 1 nitrogen and oxygen atoms in total. The van der Waals surface area contributed by atoms with Crippen molar-refractivity contribution in [3.8, 4) is 0 Å². The molecule has 108 valence electrons. The van der Waals surface area contributed by atoms with Crippen LogP contribution < -0.4 is 5.32 Å². The lowest BCUT2D eigenvalue weighted by atomic mass is 9.95. The molecule has 1 N–H and O–H groups in total. The molecule has 2 aromatic rings. The van der Waals surface area contributed by atoms with E-state index >= 15 is 0 Å². The van der Waals surface area contributed by atoms with Crippen LogP contribution in [0.4, 0.5) is 4.39 Å². The molecule has 1 aromatic carbocycles. The van der Waals surface area contributed by atoms with Crippen molar-refractivity contribution in [2.24, 2.45) is 0 Å². The number of likely N-dealkylation sites (N-methyl/N-ethyl adjacent to an activating group) is 1. The van der Waals surface area contributed by atoms with Crippen LogP contribution in [0.5, 0.6) is 0 Å². The largest absolute Gasteiger partial charge is 0.312 e. The number of halogens is 1. The Labute approximate surface area is 124 Å². The molecule has 0 saturated heterocycles. The van der Waals surface area contributed by atoms with E-state index in [-0.39, 0.29) is 17.3 Å². The van der Waals surface area contributed by atoms with E-state index in [2.05, 4.69) is 38.2 Å². The Bertz CT molecular complexity index is 551. The molecule has 20 heavy (non-hydrogen) atoms. The third-order valence-electron chi connectivity index (χ3n) is 3.41. The number of rotatable bonds is 4. The molecule has 0 aliphatic rings. The lowest BCUT2D eigenvalue weighted by Gasteiger charge is -2.17. The van der Waals surface area contributed by atoms with E-state index in [1.54, 1.807) is 0 Å². The van der Waals surface area contributed by atoms with Gasteiger partial charge in [-0.15, -0.1) is 11.3 Å². The number of thiophene rings is 1. The minimum atomic E-state index is -0.180. The van der Waals surface area contributed by atoms with E-state index in [0.29, 0.717) is 0 Å². The second kappa shape index (κ2) is 6.06. The predicted molar refractivity (Wildman–Crippen MR) is 84.9 cm³/mol. The summed E-state index contributed by atoms with van der Waals surface area (Å²) in [4.78, 5) is 2.73. The summed E-state index contributed by atoms with van der Waals surface area (Å²) in [6.45, 7) is 6.70. The summed E-state index contributed by atoms with van der Waals surface area (Å²) in [5, 5.41) is 3.36. The van der Waals surface area contributed by atoms with Crippen molar-refractivity contribution < 1.29 is 4.39 Å². The fourth-order valence-corrected chi connectivity index (χ4v) is 3.32. The summed E-state index contributed by atoms with van der Waals surface area (Å²) in [6.07, 6.45) is 0.876. The third-order valence-corrected chi connectivity index (χ3v) is 5.04. The van der Waals surface area contributed by atoms with Gasteiger partial charge in [-0.05, 0) is 48.7 Å². The molecule has 0 amide bonds. The SMILES string of the molecule is CNC(Cc1ccc(F)cc1)c1ccc(C(C)(C)C)s1. The maximum absolute atomic E-state index is 12.9. The zero-order valence-electron chi connectivity index (χ0n) is 12.5. The predicted octanol–water partition coefficient (Wildman–Crippen LogP) is 4.69. The average Bonchev–Trinajstić information content (AvgIpc) is 2.87. The van der Waals surface area contributed by atoms with Gasteiger partial charge in [0, 0.05) is 15.8 Å². The quantitative estimate of drug-likeness (QED) is 0.862. The Balaban J connectivity index is 2.16. The van der Waals surface area contributed by atoms with Crippen LogP contribution in [0, 0.1) is 5.82 Å². The highest BCUT2D eigenvalue weighted by molar-refractivity contribution is 7.12. The van der Waals surface area contributed by atoms with Crippen molar-refractivity contribution in [3.05, 3.63) is 57.5 Å². The van der Waals surface area contributed by atoms with Gasteiger partial charge in [-0.1, -0.05) is 32.9 Å². The van der Waals surface area contributed by atoms with Crippen LogP contribution in [-0.4, -0.2) is 7.05 Å². The first-order chi connectivity index (χ1) is 9.40. The number of benzene rings is 1. The van der Waals surface area contributed by atoms with E-state index in [4.69, 9.17) is 0 Å². The van der Waals surface area contributed by atoms with Crippen molar-refractivity contribution in [1.82, 2.24) is 5.32 Å². The van der Waals surface area contributed by atoms with Gasteiger partial charge in [0.2, 0.25) is 0 Å². The number of hydrogen-bond acceptors (Lipinski definition) is 2. The lowest BCUT2D eigenvalue weighted by Crippen LogP contribution is -2.17. The van der Waals surface area contributed by atoms with Crippen molar-refractivity contribution >= 4 is 11.3 Å². The monoisotopic (exact) mass is 291 g/mol. The van der Waals surface area contributed by atoms with Crippen molar-refractivity contribution in [3.63, 3.8) is 0 Å². The maximum atomic E-state index is 12.9. The van der Waals surface area contributed by atoms with Gasteiger partial charge in [-0.25, -0.2) is 4.39 Å². The van der Waals surface area contributed by atoms with Crippen molar-refractivity contribution in [2.75, 3.05) is 7.05 Å². The van der Waals surface area contributed by atoms with E-state index < -0.39 is 0 Å². The van der Waals surface area contributed by atoms with Crippen LogP contribution in [0.2, 0.25) is 0 Å². The molecule has 0 aliphatic heterocycles. The molecule has 0 radical (unpaired) electrons. The van der Waals surface area contributed by atoms with Crippen LogP contribution in [0.25, 0.3) is 0 Å². The van der Waals surface area contributed by atoms with Crippen LogP contribution in [0.3, 0.4) is 0 Å². The van der Waals surface area contributed by atoms with Gasteiger partial charge in [0.15, 0.2) is 0 Å². The zero-order valence-corrected chi connectivity index (χ0v) is 13.4. The molecule has 3 heteroatoms. The smallest absolute Gasteiger partial charge is 0.123 e. The van der Waals surface area contributed by atoms with Gasteiger partial charge in [-0.2, -0.15) is 0 Å². The molecular weight excluding hydrogens is 269 g/mol. The molecule has 0 aliphatic carbocycles. The van der Waals surface area contributed by atoms with Gasteiger partial charge in [-0.3, -0.25) is 0 Å². The van der Waals surface area contributed by atoms with Gasteiger partial charge >= 0.3 is 0 Å². The van der Waals surface area contributed by atoms with E-state index in [0.717, 1.165) is 12.0 Å². The summed E-state index contributed by atoms with van der Waals surface area (Å²) in [6, 6.07) is 11.5. The normalized spacial score (nSPS) is 13.4. The lowest BCUT2D eigenvalue weighted by molar-refractivity contribution is 0.597. The van der Waals surface area contributed by atoms with Gasteiger partial charge < -0.3 is 5.32 Å². The summed E-state index contributed by atoms with van der Waals surface area (Å²) >= 11 is 1.86. The van der Waals surface area contributed by atoms with Crippen LogP contribution in [0.15, 0.2) is 36.4 Å². The molecule has 1 atom stereocenters. The second-order valence-electron chi connectivity index (χ2n) is 6.12. The Morgan fingerprint density at radius 3 is 2.25 bits per heavy atom. The Morgan fingerprint density at radius 1 is 1.10 bits per heavy atom. The molecule has 1 heterocycles. The first-order valence-electron chi connectivity index (χ1n) is 6.92. The van der Waals surface area contributed by atoms with Crippen molar-refractivity contribution in [1.29, 1.82) is 0 Å². The highest BCUT2D eigenvalue weighted by Crippen LogP contribution is 2.33.